The lowest BCUT2D eigenvalue weighted by Crippen LogP contribution is -2.57. The van der Waals surface area contributed by atoms with Gasteiger partial charge in [0, 0.05) is 11.8 Å². The summed E-state index contributed by atoms with van der Waals surface area (Å²) < 4.78 is 6.39. The molecule has 6 aliphatic rings. The number of ketones is 1. The van der Waals surface area contributed by atoms with E-state index in [0.29, 0.717) is 23.5 Å². The predicted octanol–water partition coefficient (Wildman–Crippen LogP) is 4.65. The second-order valence-corrected chi connectivity index (χ2v) is 10.7. The number of hydrogen-bond donors (Lipinski definition) is 1. The van der Waals surface area contributed by atoms with Crippen LogP contribution in [0.2, 0.25) is 0 Å². The van der Waals surface area contributed by atoms with Gasteiger partial charge in [0.15, 0.2) is 12.1 Å². The molecule has 0 aromatic heterocycles. The molecule has 1 aliphatic heterocycles. The molecule has 3 heteroatoms. The van der Waals surface area contributed by atoms with Crippen molar-refractivity contribution in [2.45, 2.75) is 77.1 Å². The van der Waals surface area contributed by atoms with Gasteiger partial charge in [-0.1, -0.05) is 31.9 Å². The minimum Gasteiger partial charge on any atom is -0.365 e. The molecule has 4 fully saturated rings. The predicted molar refractivity (Wildman–Crippen MR) is 107 cm³/mol. The van der Waals surface area contributed by atoms with Gasteiger partial charge >= 0.3 is 0 Å². The average Bonchev–Trinajstić information content (AvgIpc) is 3.34. The highest BCUT2D eigenvalue weighted by atomic mass is 16.6. The average molecular weight is 383 g/mol. The van der Waals surface area contributed by atoms with Crippen molar-refractivity contribution in [3.63, 3.8) is 0 Å². The number of carbonyl (C=O) groups excluding carboxylic acids is 1. The van der Waals surface area contributed by atoms with Gasteiger partial charge in [-0.2, -0.15) is 0 Å². The zero-order valence-electron chi connectivity index (χ0n) is 17.3. The van der Waals surface area contributed by atoms with Crippen LogP contribution in [-0.2, 0) is 9.53 Å². The molecule has 0 aromatic rings. The highest BCUT2D eigenvalue weighted by Crippen LogP contribution is 2.79. The molecule has 0 bridgehead atoms. The van der Waals surface area contributed by atoms with Crippen LogP contribution in [-0.4, -0.2) is 22.8 Å². The van der Waals surface area contributed by atoms with Crippen LogP contribution in [0.4, 0.5) is 0 Å². The Morgan fingerprint density at radius 3 is 2.82 bits per heavy atom. The van der Waals surface area contributed by atoms with Gasteiger partial charge in [0.05, 0.1) is 5.60 Å². The van der Waals surface area contributed by atoms with E-state index in [0.717, 1.165) is 49.4 Å². The monoisotopic (exact) mass is 382 g/mol. The third-order valence-electron chi connectivity index (χ3n) is 10.2. The van der Waals surface area contributed by atoms with Crippen LogP contribution >= 0.6 is 0 Å². The first-order valence-electron chi connectivity index (χ1n) is 11.8. The Balaban J connectivity index is 1.43. The summed E-state index contributed by atoms with van der Waals surface area (Å²) in [6.07, 6.45) is 14.7. The van der Waals surface area contributed by atoms with Crippen LogP contribution in [0.1, 0.15) is 65.2 Å². The highest BCUT2D eigenvalue weighted by molar-refractivity contribution is 5.91. The summed E-state index contributed by atoms with van der Waals surface area (Å²) in [5.74, 6) is 5.40. The third-order valence-corrected chi connectivity index (χ3v) is 10.2. The van der Waals surface area contributed by atoms with E-state index in [1.807, 2.05) is 12.2 Å². The van der Waals surface area contributed by atoms with E-state index in [-0.39, 0.29) is 11.0 Å². The maximum Gasteiger partial charge on any atom is 0.175 e. The van der Waals surface area contributed by atoms with E-state index in [2.05, 4.69) is 19.9 Å². The topological polar surface area (TPSA) is 46.5 Å². The number of fused-ring (bicyclic) bond motifs is 9. The lowest BCUT2D eigenvalue weighted by Gasteiger charge is -2.60. The molecule has 0 saturated heterocycles. The summed E-state index contributed by atoms with van der Waals surface area (Å²) >= 11 is 0. The summed E-state index contributed by atoms with van der Waals surface area (Å²) in [5, 5.41) is 10.3. The van der Waals surface area contributed by atoms with E-state index >= 15 is 0 Å². The Labute approximate surface area is 168 Å². The molecule has 0 aromatic carbocycles. The largest absolute Gasteiger partial charge is 0.365 e. The molecule has 152 valence electrons. The van der Waals surface area contributed by atoms with Crippen molar-refractivity contribution in [1.29, 1.82) is 0 Å². The smallest absolute Gasteiger partial charge is 0.175 e. The number of aliphatic hydroxyl groups is 1. The Morgan fingerprint density at radius 1 is 1.25 bits per heavy atom. The Bertz CT molecular complexity index is 768. The highest BCUT2D eigenvalue weighted by Gasteiger charge is 2.78. The summed E-state index contributed by atoms with van der Waals surface area (Å²) in [6, 6.07) is 0. The van der Waals surface area contributed by atoms with Gasteiger partial charge in [-0.3, -0.25) is 4.79 Å². The van der Waals surface area contributed by atoms with Crippen LogP contribution in [0.25, 0.3) is 0 Å². The molecule has 1 spiro atoms. The lowest BCUT2D eigenvalue weighted by molar-refractivity contribution is -0.205. The zero-order chi connectivity index (χ0) is 19.3. The van der Waals surface area contributed by atoms with Crippen molar-refractivity contribution in [1.82, 2.24) is 0 Å². The van der Waals surface area contributed by atoms with Gasteiger partial charge in [-0.15, -0.1) is 0 Å². The summed E-state index contributed by atoms with van der Waals surface area (Å²) in [4.78, 5) is 12.1. The van der Waals surface area contributed by atoms with Gasteiger partial charge in [0.25, 0.3) is 0 Å². The van der Waals surface area contributed by atoms with Crippen molar-refractivity contribution in [3.05, 3.63) is 23.8 Å². The molecule has 0 radical (unpaired) electrons. The molecule has 1 N–H and O–H groups in total. The van der Waals surface area contributed by atoms with E-state index < -0.39 is 6.29 Å². The summed E-state index contributed by atoms with van der Waals surface area (Å²) in [7, 11) is 0. The molecule has 1 heterocycles. The van der Waals surface area contributed by atoms with Crippen LogP contribution in [0.3, 0.4) is 0 Å². The Kier molecular flexibility index (Phi) is 3.72. The quantitative estimate of drug-likeness (QED) is 0.707. The van der Waals surface area contributed by atoms with Crippen LogP contribution in [0.15, 0.2) is 23.8 Å². The number of ether oxygens (including phenoxy) is 1. The second kappa shape index (κ2) is 5.82. The van der Waals surface area contributed by atoms with Crippen molar-refractivity contribution >= 4 is 5.78 Å². The van der Waals surface area contributed by atoms with Crippen molar-refractivity contribution in [2.75, 3.05) is 0 Å². The first-order valence-corrected chi connectivity index (χ1v) is 11.8. The first kappa shape index (κ1) is 17.9. The number of aliphatic hydroxyl groups excluding tert-OH is 1. The lowest BCUT2D eigenvalue weighted by atomic mass is 9.45. The standard InChI is InChI=1S/C25H34O3/c1-3-14-11-15-12-16(26)5-6-17(15)18-7-9-24(4-2)23(22(14)18)19-13-20(19)25(24)10-8-21(27)28-25/h8,10,12,14,17-23,27H,3-7,9,11,13H2,1-2H3/t14-,17-,18?,19-,20+,21?,22?,23?,24-,25-/m0/s1. The molecule has 5 aliphatic carbocycles. The maximum atomic E-state index is 12.1. The van der Waals surface area contributed by atoms with Gasteiger partial charge in [-0.05, 0) is 92.1 Å². The molecular weight excluding hydrogens is 348 g/mol. The molecule has 4 unspecified atom stereocenters. The normalized spacial score (nSPS) is 56.1. The molecule has 10 atom stereocenters. The van der Waals surface area contributed by atoms with Gasteiger partial charge in [0.2, 0.25) is 0 Å². The van der Waals surface area contributed by atoms with Crippen LogP contribution in [0, 0.1) is 46.8 Å². The molecular formula is C25H34O3. The fraction of sp³-hybridized carbons (Fsp3) is 0.800. The van der Waals surface area contributed by atoms with Crippen molar-refractivity contribution in [3.8, 4) is 0 Å². The Morgan fingerprint density at radius 2 is 2.11 bits per heavy atom. The fourth-order valence-electron chi connectivity index (χ4n) is 9.27. The van der Waals surface area contributed by atoms with Gasteiger partial charge < -0.3 is 9.84 Å². The zero-order valence-corrected chi connectivity index (χ0v) is 17.3. The number of hydrogen-bond acceptors (Lipinski definition) is 3. The minimum atomic E-state index is -0.714. The summed E-state index contributed by atoms with van der Waals surface area (Å²) in [5.41, 5.74) is 1.48. The minimum absolute atomic E-state index is 0.203. The van der Waals surface area contributed by atoms with E-state index in [1.165, 1.54) is 31.3 Å². The summed E-state index contributed by atoms with van der Waals surface area (Å²) in [6.45, 7) is 4.73. The number of rotatable bonds is 2. The number of carbonyl (C=O) groups is 1. The van der Waals surface area contributed by atoms with Gasteiger partial charge in [0.1, 0.15) is 0 Å². The molecule has 0 amide bonds. The van der Waals surface area contributed by atoms with Crippen molar-refractivity contribution in [2.24, 2.45) is 46.8 Å². The van der Waals surface area contributed by atoms with E-state index in [4.69, 9.17) is 4.74 Å². The maximum absolute atomic E-state index is 12.1. The van der Waals surface area contributed by atoms with Crippen LogP contribution < -0.4 is 0 Å². The SMILES string of the molecule is CC[C@H]1CC2=CC(=O)CC[C@@H]2C2CC[C@@]3(CC)C(C21)[C@H]1C[C@H]1[C@@]31C=CC(O)O1. The Hall–Kier alpha value is -0.930. The van der Waals surface area contributed by atoms with E-state index in [9.17, 15) is 9.90 Å². The molecule has 6 rings (SSSR count). The third kappa shape index (κ3) is 2.01. The van der Waals surface area contributed by atoms with E-state index in [1.54, 1.807) is 0 Å². The van der Waals surface area contributed by atoms with Crippen molar-refractivity contribution < 1.29 is 14.6 Å². The van der Waals surface area contributed by atoms with Crippen LogP contribution in [0.5, 0.6) is 0 Å². The first-order chi connectivity index (χ1) is 13.5. The second-order valence-electron chi connectivity index (χ2n) is 10.7. The molecule has 28 heavy (non-hydrogen) atoms. The fourth-order valence-corrected chi connectivity index (χ4v) is 9.27. The molecule has 3 nitrogen and oxygen atoms in total. The molecule has 4 saturated carbocycles. The van der Waals surface area contributed by atoms with Gasteiger partial charge in [-0.25, -0.2) is 0 Å². The number of allylic oxidation sites excluding steroid dienone is 1.